The molecular formula is C8H3F4N3. The lowest BCUT2D eigenvalue weighted by atomic mass is 10.3. The second-order valence-electron chi connectivity index (χ2n) is 2.64. The second kappa shape index (κ2) is 3.34. The second-order valence-corrected chi connectivity index (χ2v) is 2.64. The molecule has 2 aromatic heterocycles. The van der Waals surface area contributed by atoms with Crippen molar-refractivity contribution in [2.75, 3.05) is 0 Å². The number of pyridine rings is 1. The molecule has 0 fully saturated rings. The third-order valence-corrected chi connectivity index (χ3v) is 1.74. The van der Waals surface area contributed by atoms with Crippen LogP contribution in [0.1, 0.15) is 0 Å². The minimum absolute atomic E-state index is 0.818. The lowest BCUT2D eigenvalue weighted by Crippen LogP contribution is -2.07. The highest BCUT2D eigenvalue weighted by Crippen LogP contribution is 2.20. The summed E-state index contributed by atoms with van der Waals surface area (Å²) >= 11 is 0. The third kappa shape index (κ3) is 1.45. The van der Waals surface area contributed by atoms with Gasteiger partial charge < -0.3 is 4.57 Å². The van der Waals surface area contributed by atoms with Crippen LogP contribution in [0.25, 0.3) is 5.69 Å². The van der Waals surface area contributed by atoms with Gasteiger partial charge in [-0.15, -0.1) is 0 Å². The van der Waals surface area contributed by atoms with Gasteiger partial charge in [-0.1, -0.05) is 0 Å². The van der Waals surface area contributed by atoms with Crippen LogP contribution in [0.5, 0.6) is 0 Å². The highest BCUT2D eigenvalue weighted by Gasteiger charge is 2.21. The Labute approximate surface area is 81.0 Å². The van der Waals surface area contributed by atoms with Gasteiger partial charge in [0.05, 0.1) is 6.33 Å². The first-order valence-corrected chi connectivity index (χ1v) is 3.79. The summed E-state index contributed by atoms with van der Waals surface area (Å²) in [5.74, 6) is -6.52. The van der Waals surface area contributed by atoms with Crippen LogP contribution in [0.15, 0.2) is 18.7 Å². The highest BCUT2D eigenvalue weighted by molar-refractivity contribution is 5.33. The van der Waals surface area contributed by atoms with E-state index in [2.05, 4.69) is 9.97 Å². The van der Waals surface area contributed by atoms with Gasteiger partial charge in [0.25, 0.3) is 11.9 Å². The summed E-state index contributed by atoms with van der Waals surface area (Å²) in [4.78, 5) is 5.93. The number of nitrogens with zero attached hydrogens (tertiary/aromatic N) is 3. The Morgan fingerprint density at radius 2 is 1.60 bits per heavy atom. The molecule has 2 aromatic rings. The maximum absolute atomic E-state index is 13.1. The molecule has 0 atom stereocenters. The molecule has 0 bridgehead atoms. The summed E-state index contributed by atoms with van der Waals surface area (Å²) in [6, 6.07) is 0. The average Bonchev–Trinajstić information content (AvgIpc) is 2.69. The first-order valence-electron chi connectivity index (χ1n) is 3.79. The quantitative estimate of drug-likeness (QED) is 0.538. The van der Waals surface area contributed by atoms with Crippen molar-refractivity contribution >= 4 is 0 Å². The van der Waals surface area contributed by atoms with E-state index in [0.29, 0.717) is 0 Å². The van der Waals surface area contributed by atoms with Gasteiger partial charge in [0.15, 0.2) is 0 Å². The molecule has 0 unspecified atom stereocenters. The van der Waals surface area contributed by atoms with Gasteiger partial charge >= 0.3 is 0 Å². The summed E-state index contributed by atoms with van der Waals surface area (Å²) in [5, 5.41) is 0. The predicted octanol–water partition coefficient (Wildman–Crippen LogP) is 1.82. The largest absolute Gasteiger partial charge is 0.301 e. The molecule has 0 amide bonds. The fourth-order valence-corrected chi connectivity index (χ4v) is 1.09. The molecule has 0 aromatic carbocycles. The van der Waals surface area contributed by atoms with Crippen molar-refractivity contribution in [2.24, 2.45) is 0 Å². The Kier molecular flexibility index (Phi) is 2.14. The lowest BCUT2D eigenvalue weighted by Gasteiger charge is -2.05. The van der Waals surface area contributed by atoms with E-state index in [1.807, 2.05) is 0 Å². The highest BCUT2D eigenvalue weighted by atomic mass is 19.2. The minimum atomic E-state index is -1.70. The van der Waals surface area contributed by atoms with Crippen LogP contribution in [0.3, 0.4) is 0 Å². The van der Waals surface area contributed by atoms with Crippen LogP contribution in [0, 0.1) is 23.5 Å². The van der Waals surface area contributed by atoms with Crippen LogP contribution in [0.4, 0.5) is 17.6 Å². The normalized spacial score (nSPS) is 10.7. The Hall–Kier alpha value is -1.92. The molecule has 3 nitrogen and oxygen atoms in total. The average molecular weight is 217 g/mol. The molecule has 15 heavy (non-hydrogen) atoms. The fraction of sp³-hybridized carbons (Fsp3) is 0. The van der Waals surface area contributed by atoms with E-state index < -0.39 is 29.2 Å². The van der Waals surface area contributed by atoms with Gasteiger partial charge in [-0.05, 0) is 0 Å². The molecule has 7 heteroatoms. The Morgan fingerprint density at radius 1 is 1.00 bits per heavy atom. The van der Waals surface area contributed by atoms with E-state index in [9.17, 15) is 17.6 Å². The van der Waals surface area contributed by atoms with Gasteiger partial charge in [0.1, 0.15) is 5.69 Å². The summed E-state index contributed by atoms with van der Waals surface area (Å²) in [5.41, 5.74) is -0.877. The SMILES string of the molecule is Fc1nc(F)c(F)c(-n2ccnc2)c1F. The minimum Gasteiger partial charge on any atom is -0.301 e. The van der Waals surface area contributed by atoms with Crippen LogP contribution in [-0.4, -0.2) is 14.5 Å². The van der Waals surface area contributed by atoms with Gasteiger partial charge in [-0.3, -0.25) is 0 Å². The Morgan fingerprint density at radius 3 is 2.07 bits per heavy atom. The predicted molar refractivity (Wildman–Crippen MR) is 41.2 cm³/mol. The van der Waals surface area contributed by atoms with Crippen LogP contribution >= 0.6 is 0 Å². The van der Waals surface area contributed by atoms with E-state index in [0.717, 1.165) is 17.1 Å². The third-order valence-electron chi connectivity index (χ3n) is 1.74. The number of aromatic nitrogens is 3. The molecule has 78 valence electrons. The Balaban J connectivity index is 2.75. The summed E-state index contributed by atoms with van der Waals surface area (Å²) in [6.07, 6.45) is 3.38. The van der Waals surface area contributed by atoms with E-state index in [1.54, 1.807) is 0 Å². The van der Waals surface area contributed by atoms with Gasteiger partial charge in [-0.2, -0.15) is 22.5 Å². The number of rotatable bonds is 1. The van der Waals surface area contributed by atoms with Crippen molar-refractivity contribution in [3.8, 4) is 5.69 Å². The van der Waals surface area contributed by atoms with E-state index in [-0.39, 0.29) is 0 Å². The lowest BCUT2D eigenvalue weighted by molar-refractivity contribution is 0.402. The standard InChI is InChI=1S/C8H3F4N3/c9-4-6(15-2-1-13-3-15)5(10)8(12)14-7(4)11/h1-3H. The molecule has 0 aliphatic carbocycles. The topological polar surface area (TPSA) is 30.7 Å². The first kappa shape index (κ1) is 9.63. The zero-order valence-electron chi connectivity index (χ0n) is 7.09. The monoisotopic (exact) mass is 217 g/mol. The van der Waals surface area contributed by atoms with Gasteiger partial charge in [0.2, 0.25) is 11.6 Å². The molecule has 2 heterocycles. The molecule has 0 radical (unpaired) electrons. The van der Waals surface area contributed by atoms with E-state index >= 15 is 0 Å². The van der Waals surface area contributed by atoms with Crippen molar-refractivity contribution in [1.29, 1.82) is 0 Å². The molecule has 2 rings (SSSR count). The smallest absolute Gasteiger partial charge is 0.253 e. The number of hydrogen-bond acceptors (Lipinski definition) is 2. The molecular weight excluding hydrogens is 214 g/mol. The molecule has 0 saturated carbocycles. The van der Waals surface area contributed by atoms with Gasteiger partial charge in [0, 0.05) is 12.4 Å². The number of imidazole rings is 1. The van der Waals surface area contributed by atoms with Crippen LogP contribution in [0.2, 0.25) is 0 Å². The molecule has 0 spiro atoms. The van der Waals surface area contributed by atoms with Crippen LogP contribution < -0.4 is 0 Å². The molecule has 0 aliphatic rings. The van der Waals surface area contributed by atoms with Crippen molar-refractivity contribution in [2.45, 2.75) is 0 Å². The van der Waals surface area contributed by atoms with E-state index in [1.165, 1.54) is 6.20 Å². The van der Waals surface area contributed by atoms with Gasteiger partial charge in [-0.25, -0.2) is 4.98 Å². The zero-order chi connectivity index (χ0) is 11.0. The first-order chi connectivity index (χ1) is 7.11. The van der Waals surface area contributed by atoms with Crippen molar-refractivity contribution in [3.63, 3.8) is 0 Å². The van der Waals surface area contributed by atoms with Crippen molar-refractivity contribution in [3.05, 3.63) is 42.3 Å². The summed E-state index contributed by atoms with van der Waals surface area (Å²) in [6.45, 7) is 0. The maximum Gasteiger partial charge on any atom is 0.253 e. The van der Waals surface area contributed by atoms with Crippen molar-refractivity contribution in [1.82, 2.24) is 14.5 Å². The fourth-order valence-electron chi connectivity index (χ4n) is 1.09. The van der Waals surface area contributed by atoms with Crippen LogP contribution in [-0.2, 0) is 0 Å². The number of hydrogen-bond donors (Lipinski definition) is 0. The van der Waals surface area contributed by atoms with E-state index in [4.69, 9.17) is 0 Å². The summed E-state index contributed by atoms with van der Waals surface area (Å²) < 4.78 is 52.4. The number of halogens is 4. The molecule has 0 saturated heterocycles. The maximum atomic E-state index is 13.1. The summed E-state index contributed by atoms with van der Waals surface area (Å²) in [7, 11) is 0. The zero-order valence-corrected chi connectivity index (χ0v) is 7.09. The van der Waals surface area contributed by atoms with Crippen molar-refractivity contribution < 1.29 is 17.6 Å². The molecule has 0 aliphatic heterocycles. The molecule has 0 N–H and O–H groups in total. The Bertz CT molecular complexity index is 469.